The van der Waals surface area contributed by atoms with Crippen molar-refractivity contribution in [2.24, 2.45) is 4.99 Å². The second-order valence-electron chi connectivity index (χ2n) is 4.79. The minimum absolute atomic E-state index is 0.217. The predicted molar refractivity (Wildman–Crippen MR) is 94.4 cm³/mol. The Bertz CT molecular complexity index is 866. The number of aromatic nitrogens is 4. The van der Waals surface area contributed by atoms with Crippen molar-refractivity contribution in [1.82, 2.24) is 24.9 Å². The van der Waals surface area contributed by atoms with Gasteiger partial charge in [-0.1, -0.05) is 12.1 Å². The maximum atomic E-state index is 12.1. The molecule has 0 atom stereocenters. The molecule has 8 heteroatoms. The van der Waals surface area contributed by atoms with Crippen molar-refractivity contribution in [3.05, 3.63) is 40.8 Å². The molecule has 0 saturated heterocycles. The lowest BCUT2D eigenvalue weighted by molar-refractivity contribution is 0.340. The third-order valence-corrected chi connectivity index (χ3v) is 2.96. The van der Waals surface area contributed by atoms with Crippen LogP contribution in [0.15, 0.2) is 40.2 Å². The molecule has 0 radical (unpaired) electrons. The molecule has 24 heavy (non-hydrogen) atoms. The van der Waals surface area contributed by atoms with Crippen LogP contribution in [-0.4, -0.2) is 47.0 Å². The SMILES string of the molecule is C=Nc1nc2[nH]c(=O)c(-c3ccc(OCC)cc3)cn2n1.CNC. The number of fused-ring (bicyclic) bond motifs is 1. The molecule has 0 unspecified atom stereocenters. The molecule has 126 valence electrons. The maximum Gasteiger partial charge on any atom is 0.269 e. The summed E-state index contributed by atoms with van der Waals surface area (Å²) in [6.07, 6.45) is 1.62. The summed E-state index contributed by atoms with van der Waals surface area (Å²) in [6.45, 7) is 5.88. The van der Waals surface area contributed by atoms with Crippen LogP contribution in [0.25, 0.3) is 16.9 Å². The molecule has 8 nitrogen and oxygen atoms in total. The molecule has 2 N–H and O–H groups in total. The Morgan fingerprint density at radius 1 is 1.33 bits per heavy atom. The van der Waals surface area contributed by atoms with Crippen LogP contribution in [0.5, 0.6) is 5.75 Å². The summed E-state index contributed by atoms with van der Waals surface area (Å²) in [5.41, 5.74) is 1.02. The van der Waals surface area contributed by atoms with E-state index in [-0.39, 0.29) is 11.5 Å². The number of hydrogen-bond donors (Lipinski definition) is 2. The first-order chi connectivity index (χ1) is 11.6. The van der Waals surface area contributed by atoms with Gasteiger partial charge in [-0.2, -0.15) is 4.98 Å². The molecule has 3 rings (SSSR count). The van der Waals surface area contributed by atoms with Crippen LogP contribution in [0.3, 0.4) is 0 Å². The highest BCUT2D eigenvalue weighted by atomic mass is 16.5. The molecule has 0 aliphatic heterocycles. The average molecular weight is 328 g/mol. The second kappa shape index (κ2) is 8.02. The molecule has 0 bridgehead atoms. The van der Waals surface area contributed by atoms with Gasteiger partial charge in [0.2, 0.25) is 5.78 Å². The van der Waals surface area contributed by atoms with Gasteiger partial charge in [0.05, 0.1) is 12.2 Å². The zero-order valence-corrected chi connectivity index (χ0v) is 13.9. The number of rotatable bonds is 4. The molecule has 3 aromatic rings. The Morgan fingerprint density at radius 2 is 2.00 bits per heavy atom. The molecule has 1 aromatic carbocycles. The third-order valence-electron chi connectivity index (χ3n) is 2.96. The topological polar surface area (TPSA) is 96.7 Å². The summed E-state index contributed by atoms with van der Waals surface area (Å²) < 4.78 is 6.85. The van der Waals surface area contributed by atoms with Crippen molar-refractivity contribution < 1.29 is 4.74 Å². The summed E-state index contributed by atoms with van der Waals surface area (Å²) in [6, 6.07) is 7.29. The second-order valence-corrected chi connectivity index (χ2v) is 4.79. The summed E-state index contributed by atoms with van der Waals surface area (Å²) in [5, 5.41) is 6.84. The Balaban J connectivity index is 0.000000647. The van der Waals surface area contributed by atoms with Crippen molar-refractivity contribution in [1.29, 1.82) is 0 Å². The van der Waals surface area contributed by atoms with Crippen LogP contribution < -0.4 is 15.6 Å². The van der Waals surface area contributed by atoms with Gasteiger partial charge in [-0.25, -0.2) is 9.51 Å². The summed E-state index contributed by atoms with van der Waals surface area (Å²) in [7, 11) is 3.75. The van der Waals surface area contributed by atoms with Crippen LogP contribution in [0.2, 0.25) is 0 Å². The van der Waals surface area contributed by atoms with Gasteiger partial charge in [-0.3, -0.25) is 9.78 Å². The average Bonchev–Trinajstić information content (AvgIpc) is 2.98. The molecule has 0 fully saturated rings. The molecule has 0 saturated carbocycles. The van der Waals surface area contributed by atoms with Crippen LogP contribution in [0.1, 0.15) is 6.92 Å². The van der Waals surface area contributed by atoms with E-state index in [0.29, 0.717) is 17.9 Å². The van der Waals surface area contributed by atoms with Gasteiger partial charge in [-0.15, -0.1) is 5.10 Å². The standard InChI is InChI=1S/C14H13N5O2.C2H7N/c1-3-21-10-6-4-9(5-7-10)11-8-19-14(16-12(11)20)17-13(15-2)18-19;1-3-2/h4-8H,2-3H2,1H3,(H,16,17,18,20);3H,1-2H3. The molecule has 2 aromatic heterocycles. The Hall–Kier alpha value is -3.00. The first-order valence-corrected chi connectivity index (χ1v) is 7.41. The minimum atomic E-state index is -0.241. The molecule has 0 spiro atoms. The molecular weight excluding hydrogens is 308 g/mol. The van der Waals surface area contributed by atoms with E-state index in [1.165, 1.54) is 4.52 Å². The molecule has 0 aliphatic rings. The highest BCUT2D eigenvalue weighted by Gasteiger charge is 2.09. The molecule has 0 amide bonds. The van der Waals surface area contributed by atoms with Crippen molar-refractivity contribution in [3.8, 4) is 16.9 Å². The maximum absolute atomic E-state index is 12.1. The number of nitrogens with zero attached hydrogens (tertiary/aromatic N) is 4. The van der Waals surface area contributed by atoms with Gasteiger partial charge in [0.15, 0.2) is 0 Å². The Labute approximate surface area is 139 Å². The number of aliphatic imine (C=N–C) groups is 1. The fraction of sp³-hybridized carbons (Fsp3) is 0.250. The smallest absolute Gasteiger partial charge is 0.269 e. The highest BCUT2D eigenvalue weighted by Crippen LogP contribution is 2.20. The third kappa shape index (κ3) is 3.85. The summed E-state index contributed by atoms with van der Waals surface area (Å²) in [5.74, 6) is 1.31. The van der Waals surface area contributed by atoms with Crippen LogP contribution in [0, 0.1) is 0 Å². The van der Waals surface area contributed by atoms with E-state index in [0.717, 1.165) is 11.3 Å². The number of aromatic amines is 1. The lowest BCUT2D eigenvalue weighted by atomic mass is 10.1. The fourth-order valence-corrected chi connectivity index (χ4v) is 2.01. The van der Waals surface area contributed by atoms with E-state index in [2.05, 4.69) is 32.1 Å². The molecule has 0 aliphatic carbocycles. The number of H-pyrrole nitrogens is 1. The van der Waals surface area contributed by atoms with Crippen molar-refractivity contribution in [2.75, 3.05) is 20.7 Å². The van der Waals surface area contributed by atoms with E-state index >= 15 is 0 Å². The lowest BCUT2D eigenvalue weighted by Crippen LogP contribution is -2.11. The number of nitrogens with one attached hydrogen (secondary N) is 2. The first kappa shape index (κ1) is 17.4. The Morgan fingerprint density at radius 3 is 2.58 bits per heavy atom. The number of hydrogen-bond acceptors (Lipinski definition) is 6. The number of benzene rings is 1. The van der Waals surface area contributed by atoms with Crippen molar-refractivity contribution in [3.63, 3.8) is 0 Å². The first-order valence-electron chi connectivity index (χ1n) is 7.41. The highest BCUT2D eigenvalue weighted by molar-refractivity contribution is 5.63. The van der Waals surface area contributed by atoms with Crippen LogP contribution in [0.4, 0.5) is 5.95 Å². The van der Waals surface area contributed by atoms with Crippen LogP contribution in [-0.2, 0) is 0 Å². The Kier molecular flexibility index (Phi) is 5.80. The van der Waals surface area contributed by atoms with Gasteiger partial charge in [0.25, 0.3) is 11.5 Å². The van der Waals surface area contributed by atoms with Gasteiger partial charge < -0.3 is 10.1 Å². The number of ether oxygens (including phenoxy) is 1. The predicted octanol–water partition coefficient (Wildman–Crippen LogP) is 1.65. The lowest BCUT2D eigenvalue weighted by Gasteiger charge is -2.04. The van der Waals surface area contributed by atoms with E-state index in [1.54, 1.807) is 6.20 Å². The quantitative estimate of drug-likeness (QED) is 0.710. The zero-order valence-electron chi connectivity index (χ0n) is 13.9. The van der Waals surface area contributed by atoms with Crippen molar-refractivity contribution in [2.45, 2.75) is 6.92 Å². The van der Waals surface area contributed by atoms with Gasteiger partial charge in [0, 0.05) is 6.20 Å². The summed E-state index contributed by atoms with van der Waals surface area (Å²) in [4.78, 5) is 22.4. The van der Waals surface area contributed by atoms with Gasteiger partial charge >= 0.3 is 0 Å². The van der Waals surface area contributed by atoms with E-state index in [9.17, 15) is 4.79 Å². The molecular formula is C16H20N6O2. The normalized spacial score (nSPS) is 10.1. The minimum Gasteiger partial charge on any atom is -0.494 e. The largest absolute Gasteiger partial charge is 0.494 e. The van der Waals surface area contributed by atoms with Gasteiger partial charge in [0.1, 0.15) is 5.75 Å². The molecule has 2 heterocycles. The fourth-order valence-electron chi connectivity index (χ4n) is 2.01. The summed E-state index contributed by atoms with van der Waals surface area (Å²) >= 11 is 0. The zero-order chi connectivity index (χ0) is 17.5. The van der Waals surface area contributed by atoms with E-state index < -0.39 is 0 Å². The van der Waals surface area contributed by atoms with Crippen LogP contribution >= 0.6 is 0 Å². The van der Waals surface area contributed by atoms with E-state index in [4.69, 9.17) is 4.74 Å². The van der Waals surface area contributed by atoms with Gasteiger partial charge in [-0.05, 0) is 45.4 Å². The monoisotopic (exact) mass is 328 g/mol. The van der Waals surface area contributed by atoms with E-state index in [1.807, 2.05) is 45.3 Å². The van der Waals surface area contributed by atoms with Crippen molar-refractivity contribution >= 4 is 18.4 Å².